The van der Waals surface area contributed by atoms with Gasteiger partial charge in [-0.25, -0.2) is 4.79 Å². The molecule has 0 spiro atoms. The van der Waals surface area contributed by atoms with Gasteiger partial charge in [0.1, 0.15) is 16.9 Å². The summed E-state index contributed by atoms with van der Waals surface area (Å²) >= 11 is 0. The van der Waals surface area contributed by atoms with Gasteiger partial charge in [0.25, 0.3) is 0 Å². The molecule has 0 aliphatic rings. The molecule has 0 aliphatic heterocycles. The van der Waals surface area contributed by atoms with Crippen molar-refractivity contribution in [2.75, 3.05) is 0 Å². The van der Waals surface area contributed by atoms with Crippen molar-refractivity contribution in [3.05, 3.63) is 69.8 Å². The van der Waals surface area contributed by atoms with Crippen LogP contribution in [-0.2, 0) is 11.2 Å². The zero-order valence-corrected chi connectivity index (χ0v) is 17.0. The quantitative estimate of drug-likeness (QED) is 0.505. The third kappa shape index (κ3) is 3.44. The zero-order valence-electron chi connectivity index (χ0n) is 17.0. The summed E-state index contributed by atoms with van der Waals surface area (Å²) in [7, 11) is 0. The van der Waals surface area contributed by atoms with E-state index >= 15 is 0 Å². The van der Waals surface area contributed by atoms with Gasteiger partial charge >= 0.3 is 5.63 Å². The van der Waals surface area contributed by atoms with Crippen molar-refractivity contribution in [1.29, 1.82) is 0 Å². The summed E-state index contributed by atoms with van der Waals surface area (Å²) in [6.45, 7) is 7.56. The normalized spacial score (nSPS) is 11.5. The van der Waals surface area contributed by atoms with E-state index in [1.807, 2.05) is 64.1 Å². The molecular weight excluding hydrogens is 366 g/mol. The molecule has 0 radical (unpaired) electrons. The van der Waals surface area contributed by atoms with Gasteiger partial charge in [-0.05, 0) is 44.9 Å². The third-order valence-electron chi connectivity index (χ3n) is 5.12. The Bertz CT molecular complexity index is 1280. The van der Waals surface area contributed by atoms with E-state index in [2.05, 4.69) is 5.32 Å². The number of carbonyl (C=O) groups is 1. The summed E-state index contributed by atoms with van der Waals surface area (Å²) in [5.74, 6) is 0.609. The highest BCUT2D eigenvalue weighted by atomic mass is 16.4. The molecule has 0 unspecified atom stereocenters. The summed E-state index contributed by atoms with van der Waals surface area (Å²) < 4.78 is 11.5. The van der Waals surface area contributed by atoms with Gasteiger partial charge in [-0.1, -0.05) is 30.3 Å². The minimum Gasteiger partial charge on any atom is -0.461 e. The lowest BCUT2D eigenvalue weighted by Gasteiger charge is -2.10. The number of carbonyl (C=O) groups excluding carboxylic acids is 1. The van der Waals surface area contributed by atoms with E-state index in [9.17, 15) is 9.59 Å². The smallest absolute Gasteiger partial charge is 0.340 e. The molecule has 0 saturated carbocycles. The van der Waals surface area contributed by atoms with Crippen molar-refractivity contribution in [2.45, 2.75) is 40.2 Å². The number of aryl methyl sites for hydroxylation is 2. The predicted octanol–water partition coefficient (Wildman–Crippen LogP) is 4.89. The van der Waals surface area contributed by atoms with Crippen LogP contribution >= 0.6 is 0 Å². The molecule has 2 aromatic carbocycles. The average molecular weight is 389 g/mol. The van der Waals surface area contributed by atoms with Crippen molar-refractivity contribution >= 4 is 27.8 Å². The van der Waals surface area contributed by atoms with Crippen molar-refractivity contribution in [1.82, 2.24) is 5.32 Å². The SMILES string of the molecule is Cc1oc2cc3oc(=O)c(CC(=O)NC(C)C)c(C)c3cc2c1-c1ccccc1. The van der Waals surface area contributed by atoms with Gasteiger partial charge in [0.2, 0.25) is 5.91 Å². The number of amides is 1. The minimum absolute atomic E-state index is 0.00369. The van der Waals surface area contributed by atoms with Gasteiger partial charge in [-0.2, -0.15) is 0 Å². The van der Waals surface area contributed by atoms with E-state index in [-0.39, 0.29) is 18.4 Å². The Morgan fingerprint density at radius 1 is 1.00 bits per heavy atom. The number of fused-ring (bicyclic) bond motifs is 2. The summed E-state index contributed by atoms with van der Waals surface area (Å²) in [5, 5.41) is 4.59. The van der Waals surface area contributed by atoms with Gasteiger partial charge in [0.05, 0.1) is 12.0 Å². The Hall–Kier alpha value is -3.34. The molecule has 0 atom stereocenters. The first kappa shape index (κ1) is 19.0. The number of furan rings is 1. The van der Waals surface area contributed by atoms with Gasteiger partial charge in [-0.15, -0.1) is 0 Å². The van der Waals surface area contributed by atoms with Crippen molar-refractivity contribution in [2.24, 2.45) is 0 Å². The molecule has 148 valence electrons. The van der Waals surface area contributed by atoms with Crippen LogP contribution in [0.3, 0.4) is 0 Å². The van der Waals surface area contributed by atoms with Crippen LogP contribution < -0.4 is 10.9 Å². The lowest BCUT2D eigenvalue weighted by atomic mass is 9.98. The first-order valence-corrected chi connectivity index (χ1v) is 9.69. The second-order valence-electron chi connectivity index (χ2n) is 7.64. The highest BCUT2D eigenvalue weighted by molar-refractivity contribution is 6.03. The Labute approximate surface area is 168 Å². The maximum absolute atomic E-state index is 12.5. The molecule has 2 aromatic heterocycles. The number of rotatable bonds is 4. The monoisotopic (exact) mass is 389 g/mol. The molecule has 5 heteroatoms. The van der Waals surface area contributed by atoms with Crippen LogP contribution in [0, 0.1) is 13.8 Å². The fourth-order valence-corrected chi connectivity index (χ4v) is 3.80. The van der Waals surface area contributed by atoms with Crippen molar-refractivity contribution in [3.63, 3.8) is 0 Å². The maximum Gasteiger partial charge on any atom is 0.340 e. The van der Waals surface area contributed by atoms with Crippen LogP contribution in [0.4, 0.5) is 0 Å². The van der Waals surface area contributed by atoms with E-state index in [4.69, 9.17) is 8.83 Å². The fraction of sp³-hybridized carbons (Fsp3) is 0.250. The first-order chi connectivity index (χ1) is 13.8. The van der Waals surface area contributed by atoms with Gasteiger partial charge in [0.15, 0.2) is 0 Å². The molecule has 0 saturated heterocycles. The highest BCUT2D eigenvalue weighted by Gasteiger charge is 2.19. The zero-order chi connectivity index (χ0) is 20.7. The molecule has 0 fully saturated rings. The number of benzene rings is 2. The second kappa shape index (κ2) is 7.24. The molecule has 1 N–H and O–H groups in total. The summed E-state index contributed by atoms with van der Waals surface area (Å²) in [6.07, 6.45) is -0.00369. The molecule has 5 nitrogen and oxygen atoms in total. The number of hydrogen-bond acceptors (Lipinski definition) is 4. The molecule has 4 rings (SSSR count). The number of hydrogen-bond donors (Lipinski definition) is 1. The minimum atomic E-state index is -0.486. The van der Waals surface area contributed by atoms with Gasteiger partial charge in [-0.3, -0.25) is 4.79 Å². The van der Waals surface area contributed by atoms with Crippen molar-refractivity contribution < 1.29 is 13.6 Å². The largest absolute Gasteiger partial charge is 0.461 e. The summed E-state index contributed by atoms with van der Waals surface area (Å²) in [6, 6.07) is 13.8. The Balaban J connectivity index is 1.91. The molecular formula is C24H23NO4. The lowest BCUT2D eigenvalue weighted by molar-refractivity contribution is -0.120. The molecule has 2 heterocycles. The Morgan fingerprint density at radius 2 is 1.69 bits per heavy atom. The molecule has 0 aliphatic carbocycles. The van der Waals surface area contributed by atoms with E-state index < -0.39 is 5.63 Å². The van der Waals surface area contributed by atoms with E-state index in [0.717, 1.165) is 33.2 Å². The van der Waals surface area contributed by atoms with Crippen LogP contribution in [0.1, 0.15) is 30.7 Å². The van der Waals surface area contributed by atoms with Crippen LogP contribution in [0.25, 0.3) is 33.1 Å². The Kier molecular flexibility index (Phi) is 4.74. The third-order valence-corrected chi connectivity index (χ3v) is 5.12. The van der Waals surface area contributed by atoms with E-state index in [0.29, 0.717) is 16.7 Å². The average Bonchev–Trinajstić information content (AvgIpc) is 2.98. The summed E-state index contributed by atoms with van der Waals surface area (Å²) in [5.41, 5.74) is 3.87. The topological polar surface area (TPSA) is 72.5 Å². The maximum atomic E-state index is 12.5. The fourth-order valence-electron chi connectivity index (χ4n) is 3.80. The van der Waals surface area contributed by atoms with Crippen molar-refractivity contribution in [3.8, 4) is 11.1 Å². The molecule has 29 heavy (non-hydrogen) atoms. The lowest BCUT2D eigenvalue weighted by Crippen LogP contribution is -2.33. The molecule has 0 bridgehead atoms. The highest BCUT2D eigenvalue weighted by Crippen LogP contribution is 2.37. The first-order valence-electron chi connectivity index (χ1n) is 9.69. The van der Waals surface area contributed by atoms with Crippen LogP contribution in [0.2, 0.25) is 0 Å². The van der Waals surface area contributed by atoms with Crippen LogP contribution in [0.5, 0.6) is 0 Å². The second-order valence-corrected chi connectivity index (χ2v) is 7.64. The Morgan fingerprint density at radius 3 is 2.38 bits per heavy atom. The van der Waals surface area contributed by atoms with E-state index in [1.165, 1.54) is 0 Å². The van der Waals surface area contributed by atoms with Crippen LogP contribution in [0.15, 0.2) is 56.1 Å². The molecule has 1 amide bonds. The number of nitrogens with one attached hydrogen (secondary N) is 1. The summed E-state index contributed by atoms with van der Waals surface area (Å²) in [4.78, 5) is 24.7. The van der Waals surface area contributed by atoms with Crippen LogP contribution in [-0.4, -0.2) is 11.9 Å². The van der Waals surface area contributed by atoms with Gasteiger partial charge in [0, 0.05) is 28.4 Å². The van der Waals surface area contributed by atoms with Gasteiger partial charge < -0.3 is 14.2 Å². The standard InChI is InChI=1S/C24H23NO4/c1-13(2)25-22(26)11-18-14(3)17-10-19-21(12-20(17)29-24(18)27)28-15(4)23(19)16-8-6-5-7-9-16/h5-10,12-13H,11H2,1-4H3,(H,25,26). The van der Waals surface area contributed by atoms with E-state index in [1.54, 1.807) is 6.07 Å². The predicted molar refractivity (Wildman–Crippen MR) is 114 cm³/mol. The molecule has 4 aromatic rings.